The van der Waals surface area contributed by atoms with E-state index in [-0.39, 0.29) is 11.5 Å². The Bertz CT molecular complexity index is 334. The van der Waals surface area contributed by atoms with E-state index in [1.54, 1.807) is 0 Å². The zero-order valence-corrected chi connectivity index (χ0v) is 6.99. The lowest BCUT2D eigenvalue weighted by Crippen LogP contribution is -2.56. The third-order valence-corrected chi connectivity index (χ3v) is 2.32. The maximum atomic E-state index is 9.85. The molecule has 2 rings (SSSR count). The van der Waals surface area contributed by atoms with Gasteiger partial charge in [-0.1, -0.05) is 0 Å². The molecular formula is C9H11NO3. The van der Waals surface area contributed by atoms with E-state index in [0.29, 0.717) is 18.7 Å². The van der Waals surface area contributed by atoms with E-state index >= 15 is 0 Å². The Morgan fingerprint density at radius 2 is 1.92 bits per heavy atom. The standard InChI is InChI=1S/C9H11NO3/c11-6-1-2-7(8(12)3-6)9(13)4-10-5-9/h1-3,10-13H,4-5H2. The third-order valence-electron chi connectivity index (χ3n) is 2.32. The van der Waals surface area contributed by atoms with Gasteiger partial charge in [-0.25, -0.2) is 0 Å². The smallest absolute Gasteiger partial charge is 0.125 e. The number of rotatable bonds is 1. The molecular weight excluding hydrogens is 170 g/mol. The maximum Gasteiger partial charge on any atom is 0.125 e. The van der Waals surface area contributed by atoms with Gasteiger partial charge in [0.25, 0.3) is 0 Å². The first-order chi connectivity index (χ1) is 6.12. The first kappa shape index (κ1) is 8.34. The van der Waals surface area contributed by atoms with Crippen LogP contribution in [0.15, 0.2) is 18.2 Å². The summed E-state index contributed by atoms with van der Waals surface area (Å²) in [5.74, 6) is -0.0684. The van der Waals surface area contributed by atoms with Crippen molar-refractivity contribution in [2.75, 3.05) is 13.1 Å². The normalized spacial score (nSPS) is 19.5. The Labute approximate surface area is 75.5 Å². The molecule has 0 amide bonds. The first-order valence-corrected chi connectivity index (χ1v) is 4.07. The van der Waals surface area contributed by atoms with Gasteiger partial charge in [-0.05, 0) is 12.1 Å². The number of hydrogen-bond donors (Lipinski definition) is 4. The number of hydrogen-bond acceptors (Lipinski definition) is 4. The van der Waals surface area contributed by atoms with Crippen LogP contribution in [-0.2, 0) is 5.60 Å². The van der Waals surface area contributed by atoms with Crippen molar-refractivity contribution in [3.05, 3.63) is 23.8 Å². The van der Waals surface area contributed by atoms with E-state index in [9.17, 15) is 10.2 Å². The number of aliphatic hydroxyl groups is 1. The lowest BCUT2D eigenvalue weighted by atomic mass is 9.87. The number of phenols is 2. The molecule has 1 aliphatic heterocycles. The van der Waals surface area contributed by atoms with Crippen molar-refractivity contribution in [2.24, 2.45) is 0 Å². The first-order valence-electron chi connectivity index (χ1n) is 4.07. The van der Waals surface area contributed by atoms with Crippen molar-refractivity contribution >= 4 is 0 Å². The van der Waals surface area contributed by atoms with Crippen LogP contribution >= 0.6 is 0 Å². The number of phenolic OH excluding ortho intramolecular Hbond substituents is 2. The van der Waals surface area contributed by atoms with Crippen molar-refractivity contribution in [3.8, 4) is 11.5 Å². The minimum Gasteiger partial charge on any atom is -0.508 e. The van der Waals surface area contributed by atoms with E-state index in [1.165, 1.54) is 18.2 Å². The van der Waals surface area contributed by atoms with Crippen LogP contribution in [0.1, 0.15) is 5.56 Å². The summed E-state index contributed by atoms with van der Waals surface area (Å²) in [6.45, 7) is 0.872. The fraction of sp³-hybridized carbons (Fsp3) is 0.333. The van der Waals surface area contributed by atoms with Gasteiger partial charge in [-0.2, -0.15) is 0 Å². The van der Waals surface area contributed by atoms with Crippen molar-refractivity contribution < 1.29 is 15.3 Å². The van der Waals surface area contributed by atoms with Crippen molar-refractivity contribution in [1.82, 2.24) is 5.32 Å². The molecule has 4 heteroatoms. The minimum absolute atomic E-state index is 0.00265. The molecule has 1 fully saturated rings. The van der Waals surface area contributed by atoms with Crippen LogP contribution in [0.25, 0.3) is 0 Å². The summed E-state index contributed by atoms with van der Waals surface area (Å²) in [6.07, 6.45) is 0. The Morgan fingerprint density at radius 1 is 1.23 bits per heavy atom. The van der Waals surface area contributed by atoms with Crippen LogP contribution in [0.2, 0.25) is 0 Å². The summed E-state index contributed by atoms with van der Waals surface area (Å²) in [5, 5.41) is 31.2. The SMILES string of the molecule is Oc1ccc(C2(O)CNC2)c(O)c1. The highest BCUT2D eigenvalue weighted by molar-refractivity contribution is 5.43. The van der Waals surface area contributed by atoms with Crippen LogP contribution in [0.3, 0.4) is 0 Å². The van der Waals surface area contributed by atoms with Gasteiger partial charge in [0, 0.05) is 24.7 Å². The molecule has 13 heavy (non-hydrogen) atoms. The van der Waals surface area contributed by atoms with Crippen LogP contribution < -0.4 is 5.32 Å². The summed E-state index contributed by atoms with van der Waals surface area (Å²) < 4.78 is 0. The van der Waals surface area contributed by atoms with Gasteiger partial charge in [0.15, 0.2) is 0 Å². The van der Waals surface area contributed by atoms with E-state index in [0.717, 1.165) is 0 Å². The van der Waals surface area contributed by atoms with E-state index in [2.05, 4.69) is 5.32 Å². The molecule has 1 saturated heterocycles. The zero-order chi connectivity index (χ0) is 9.47. The van der Waals surface area contributed by atoms with Crippen molar-refractivity contribution in [2.45, 2.75) is 5.60 Å². The molecule has 0 bridgehead atoms. The largest absolute Gasteiger partial charge is 0.508 e. The lowest BCUT2D eigenvalue weighted by molar-refractivity contribution is -0.0164. The molecule has 4 N–H and O–H groups in total. The molecule has 1 aliphatic rings. The molecule has 1 aromatic carbocycles. The topological polar surface area (TPSA) is 72.7 Å². The fourth-order valence-electron chi connectivity index (χ4n) is 1.47. The predicted molar refractivity (Wildman–Crippen MR) is 46.5 cm³/mol. The van der Waals surface area contributed by atoms with Crippen molar-refractivity contribution in [3.63, 3.8) is 0 Å². The Morgan fingerprint density at radius 3 is 2.38 bits per heavy atom. The Kier molecular flexibility index (Phi) is 1.68. The predicted octanol–water partition coefficient (Wildman–Crippen LogP) is -0.111. The summed E-state index contributed by atoms with van der Waals surface area (Å²) in [5.41, 5.74) is -0.512. The molecule has 1 heterocycles. The molecule has 70 valence electrons. The van der Waals surface area contributed by atoms with Gasteiger partial charge in [0.2, 0.25) is 0 Å². The second kappa shape index (κ2) is 2.61. The molecule has 0 spiro atoms. The van der Waals surface area contributed by atoms with Crippen molar-refractivity contribution in [1.29, 1.82) is 0 Å². The number of aromatic hydroxyl groups is 2. The van der Waals surface area contributed by atoms with Gasteiger partial charge in [-0.3, -0.25) is 0 Å². The maximum absolute atomic E-state index is 9.85. The Balaban J connectivity index is 2.40. The number of benzene rings is 1. The van der Waals surface area contributed by atoms with Crippen LogP contribution in [0, 0.1) is 0 Å². The molecule has 1 aromatic rings. The highest BCUT2D eigenvalue weighted by Crippen LogP contribution is 2.34. The van der Waals surface area contributed by atoms with Gasteiger partial charge < -0.3 is 20.6 Å². The minimum atomic E-state index is -0.974. The summed E-state index contributed by atoms with van der Waals surface area (Å²) >= 11 is 0. The molecule has 0 radical (unpaired) electrons. The molecule has 0 aliphatic carbocycles. The lowest BCUT2D eigenvalue weighted by Gasteiger charge is -2.38. The Hall–Kier alpha value is -1.26. The third kappa shape index (κ3) is 1.24. The van der Waals surface area contributed by atoms with Gasteiger partial charge in [0.05, 0.1) is 0 Å². The summed E-state index contributed by atoms with van der Waals surface area (Å²) in [4.78, 5) is 0. The average Bonchev–Trinajstić information content (AvgIpc) is 2.00. The summed E-state index contributed by atoms with van der Waals surface area (Å²) in [7, 11) is 0. The number of β-amino-alcohol motifs (C(OH)–C–C–N with tert-alkyl or cyclic N) is 1. The van der Waals surface area contributed by atoms with E-state index in [1.807, 2.05) is 0 Å². The van der Waals surface area contributed by atoms with E-state index < -0.39 is 5.60 Å². The van der Waals surface area contributed by atoms with Gasteiger partial charge in [0.1, 0.15) is 17.1 Å². The monoisotopic (exact) mass is 181 g/mol. The van der Waals surface area contributed by atoms with Gasteiger partial charge >= 0.3 is 0 Å². The molecule has 4 nitrogen and oxygen atoms in total. The highest BCUT2D eigenvalue weighted by Gasteiger charge is 2.38. The average molecular weight is 181 g/mol. The molecule has 0 aromatic heterocycles. The van der Waals surface area contributed by atoms with Crippen LogP contribution in [-0.4, -0.2) is 28.4 Å². The molecule has 0 saturated carbocycles. The second-order valence-electron chi connectivity index (χ2n) is 3.34. The molecule has 0 atom stereocenters. The van der Waals surface area contributed by atoms with E-state index in [4.69, 9.17) is 5.11 Å². The highest BCUT2D eigenvalue weighted by atomic mass is 16.3. The fourth-order valence-corrected chi connectivity index (χ4v) is 1.47. The second-order valence-corrected chi connectivity index (χ2v) is 3.34. The molecule has 0 unspecified atom stereocenters. The van der Waals surface area contributed by atoms with Gasteiger partial charge in [-0.15, -0.1) is 0 Å². The quantitative estimate of drug-likeness (QED) is 0.487. The summed E-state index contributed by atoms with van der Waals surface area (Å²) in [6, 6.07) is 4.21. The van der Waals surface area contributed by atoms with Crippen LogP contribution in [0.5, 0.6) is 11.5 Å². The zero-order valence-electron chi connectivity index (χ0n) is 6.99. The number of nitrogens with one attached hydrogen (secondary N) is 1. The van der Waals surface area contributed by atoms with Crippen LogP contribution in [0.4, 0.5) is 0 Å².